The van der Waals surface area contributed by atoms with Crippen molar-refractivity contribution >= 4 is 34.1 Å². The Morgan fingerprint density at radius 3 is 2.76 bits per heavy atom. The lowest BCUT2D eigenvalue weighted by molar-refractivity contribution is -0.118. The van der Waals surface area contributed by atoms with E-state index >= 15 is 0 Å². The van der Waals surface area contributed by atoms with Gasteiger partial charge in [0.05, 0.1) is 5.75 Å². The minimum absolute atomic E-state index is 0.0525. The van der Waals surface area contributed by atoms with Gasteiger partial charge in [0.15, 0.2) is 4.34 Å². The van der Waals surface area contributed by atoms with E-state index in [4.69, 9.17) is 0 Å². The Morgan fingerprint density at radius 1 is 1.33 bits per heavy atom. The van der Waals surface area contributed by atoms with Crippen molar-refractivity contribution in [3.05, 3.63) is 35.6 Å². The van der Waals surface area contributed by atoms with Crippen LogP contribution in [-0.2, 0) is 11.2 Å². The summed E-state index contributed by atoms with van der Waals surface area (Å²) in [6.07, 6.45) is 0.680. The van der Waals surface area contributed by atoms with Gasteiger partial charge in [-0.25, -0.2) is 4.39 Å². The van der Waals surface area contributed by atoms with Crippen molar-refractivity contribution in [1.29, 1.82) is 0 Å². The highest BCUT2D eigenvalue weighted by Gasteiger charge is 2.07. The molecule has 0 radical (unpaired) electrons. The number of anilines is 1. The van der Waals surface area contributed by atoms with Crippen molar-refractivity contribution in [2.24, 2.45) is 0 Å². The van der Waals surface area contributed by atoms with E-state index in [9.17, 15) is 9.18 Å². The summed E-state index contributed by atoms with van der Waals surface area (Å²) in [5, 5.41) is 14.3. The Hall–Kier alpha value is -1.67. The molecule has 0 aliphatic rings. The molecule has 0 atom stereocenters. The molecule has 2 N–H and O–H groups in total. The molecule has 2 aromatic rings. The summed E-state index contributed by atoms with van der Waals surface area (Å²) >= 11 is 2.77. The third-order valence-corrected chi connectivity index (χ3v) is 4.67. The maximum Gasteiger partial charge on any atom is 0.230 e. The largest absolute Gasteiger partial charge is 0.363 e. The van der Waals surface area contributed by atoms with Crippen LogP contribution in [0.1, 0.15) is 5.56 Å². The van der Waals surface area contributed by atoms with Crippen LogP contribution < -0.4 is 10.6 Å². The molecule has 1 aromatic heterocycles. The lowest BCUT2D eigenvalue weighted by Gasteiger charge is -2.04. The van der Waals surface area contributed by atoms with Crippen LogP contribution in [0.25, 0.3) is 0 Å². The molecule has 0 aliphatic heterocycles. The van der Waals surface area contributed by atoms with E-state index in [1.807, 2.05) is 0 Å². The minimum Gasteiger partial charge on any atom is -0.363 e. The molecule has 0 bridgehead atoms. The van der Waals surface area contributed by atoms with Gasteiger partial charge in [-0.15, -0.1) is 10.2 Å². The van der Waals surface area contributed by atoms with Gasteiger partial charge in [-0.05, 0) is 24.1 Å². The van der Waals surface area contributed by atoms with Crippen LogP contribution in [0.4, 0.5) is 9.52 Å². The van der Waals surface area contributed by atoms with Gasteiger partial charge in [0.25, 0.3) is 0 Å². The van der Waals surface area contributed by atoms with Crippen molar-refractivity contribution in [2.45, 2.75) is 10.8 Å². The Morgan fingerprint density at radius 2 is 2.10 bits per heavy atom. The fourth-order valence-corrected chi connectivity index (χ4v) is 3.08. The third-order valence-electron chi connectivity index (χ3n) is 2.60. The highest BCUT2D eigenvalue weighted by atomic mass is 32.2. The van der Waals surface area contributed by atoms with Gasteiger partial charge >= 0.3 is 0 Å². The molecule has 0 fully saturated rings. The summed E-state index contributed by atoms with van der Waals surface area (Å²) in [6.45, 7) is 0.531. The second-order valence-electron chi connectivity index (χ2n) is 4.14. The Labute approximate surface area is 130 Å². The topological polar surface area (TPSA) is 66.9 Å². The van der Waals surface area contributed by atoms with E-state index in [0.29, 0.717) is 18.7 Å². The number of aromatic nitrogens is 2. The fraction of sp³-hybridized carbons (Fsp3) is 0.308. The van der Waals surface area contributed by atoms with E-state index in [1.54, 1.807) is 19.2 Å². The average Bonchev–Trinajstić information content (AvgIpc) is 2.95. The summed E-state index contributed by atoms with van der Waals surface area (Å²) < 4.78 is 13.5. The molecule has 0 saturated carbocycles. The fourth-order valence-electron chi connectivity index (χ4n) is 1.54. The van der Waals surface area contributed by atoms with Gasteiger partial charge in [0.1, 0.15) is 5.82 Å². The summed E-state index contributed by atoms with van der Waals surface area (Å²) in [5.74, 6) is 0.00221. The van der Waals surface area contributed by atoms with Crippen molar-refractivity contribution in [2.75, 3.05) is 24.7 Å². The molecule has 1 heterocycles. The lowest BCUT2D eigenvalue weighted by atomic mass is 10.1. The highest BCUT2D eigenvalue weighted by Crippen LogP contribution is 2.24. The van der Waals surface area contributed by atoms with Gasteiger partial charge in [-0.3, -0.25) is 4.79 Å². The zero-order chi connectivity index (χ0) is 15.1. The van der Waals surface area contributed by atoms with Gasteiger partial charge in [0, 0.05) is 13.6 Å². The molecular weight excluding hydrogens is 311 g/mol. The summed E-state index contributed by atoms with van der Waals surface area (Å²) in [5.41, 5.74) is 0.993. The number of benzene rings is 1. The molecule has 0 aliphatic carbocycles. The van der Waals surface area contributed by atoms with E-state index in [1.165, 1.54) is 35.2 Å². The normalized spacial score (nSPS) is 10.4. The average molecular weight is 326 g/mol. The van der Waals surface area contributed by atoms with Crippen molar-refractivity contribution in [3.8, 4) is 0 Å². The molecule has 0 unspecified atom stereocenters. The van der Waals surface area contributed by atoms with Crippen LogP contribution in [0.2, 0.25) is 0 Å². The molecule has 5 nitrogen and oxygen atoms in total. The minimum atomic E-state index is -0.253. The zero-order valence-electron chi connectivity index (χ0n) is 11.4. The number of nitrogens with one attached hydrogen (secondary N) is 2. The first-order valence-corrected chi connectivity index (χ1v) is 8.13. The molecular formula is C13H15FN4OS2. The van der Waals surface area contributed by atoms with E-state index in [0.717, 1.165) is 15.0 Å². The predicted octanol–water partition coefficient (Wildman–Crippen LogP) is 2.17. The number of nitrogens with zero attached hydrogens (tertiary/aromatic N) is 2. The molecule has 112 valence electrons. The van der Waals surface area contributed by atoms with Crippen molar-refractivity contribution in [1.82, 2.24) is 15.5 Å². The Bertz CT molecular complexity index is 588. The van der Waals surface area contributed by atoms with Crippen LogP contribution in [0.5, 0.6) is 0 Å². The van der Waals surface area contributed by atoms with E-state index < -0.39 is 0 Å². The number of hydrogen-bond acceptors (Lipinski definition) is 6. The summed E-state index contributed by atoms with van der Waals surface area (Å²) in [4.78, 5) is 11.7. The maximum absolute atomic E-state index is 12.7. The first-order chi connectivity index (χ1) is 10.2. The standard InChI is InChI=1S/C13H15FN4OS2/c1-15-12-17-18-13(21-12)20-8-11(19)16-7-6-9-2-4-10(14)5-3-9/h2-5H,6-8H2,1H3,(H,15,17)(H,16,19). The quantitative estimate of drug-likeness (QED) is 0.763. The Balaban J connectivity index is 1.66. The molecule has 8 heteroatoms. The van der Waals surface area contributed by atoms with Crippen molar-refractivity contribution in [3.63, 3.8) is 0 Å². The van der Waals surface area contributed by atoms with Crippen LogP contribution in [0.3, 0.4) is 0 Å². The van der Waals surface area contributed by atoms with Crippen LogP contribution in [-0.4, -0.2) is 35.4 Å². The van der Waals surface area contributed by atoms with Crippen LogP contribution in [0, 0.1) is 5.82 Å². The third kappa shape index (κ3) is 5.31. The summed E-state index contributed by atoms with van der Waals surface area (Å²) in [6, 6.07) is 6.27. The monoisotopic (exact) mass is 326 g/mol. The number of amides is 1. The number of halogens is 1. The number of rotatable bonds is 7. The molecule has 21 heavy (non-hydrogen) atoms. The number of hydrogen-bond donors (Lipinski definition) is 2. The molecule has 1 aromatic carbocycles. The number of carbonyl (C=O) groups is 1. The highest BCUT2D eigenvalue weighted by molar-refractivity contribution is 8.01. The first-order valence-electron chi connectivity index (χ1n) is 6.32. The smallest absolute Gasteiger partial charge is 0.230 e. The van der Waals surface area contributed by atoms with Crippen LogP contribution >= 0.6 is 23.1 Å². The van der Waals surface area contributed by atoms with Gasteiger partial charge in [-0.2, -0.15) is 0 Å². The molecule has 1 amide bonds. The SMILES string of the molecule is CNc1nnc(SCC(=O)NCCc2ccc(F)cc2)s1. The second kappa shape index (κ2) is 7.94. The number of carbonyl (C=O) groups excluding carboxylic acids is 1. The molecule has 0 saturated heterocycles. The van der Waals surface area contributed by atoms with Crippen LogP contribution in [0.15, 0.2) is 28.6 Å². The maximum atomic E-state index is 12.7. The zero-order valence-corrected chi connectivity index (χ0v) is 13.1. The lowest BCUT2D eigenvalue weighted by Crippen LogP contribution is -2.27. The van der Waals surface area contributed by atoms with Gasteiger partial charge in [-0.1, -0.05) is 35.2 Å². The van der Waals surface area contributed by atoms with E-state index in [2.05, 4.69) is 20.8 Å². The second-order valence-corrected chi connectivity index (χ2v) is 6.34. The van der Waals surface area contributed by atoms with Gasteiger partial charge < -0.3 is 10.6 Å². The first kappa shape index (κ1) is 15.7. The number of thioether (sulfide) groups is 1. The molecule has 0 spiro atoms. The van der Waals surface area contributed by atoms with Crippen molar-refractivity contribution < 1.29 is 9.18 Å². The Kier molecular flexibility index (Phi) is 5.94. The summed E-state index contributed by atoms with van der Waals surface area (Å²) in [7, 11) is 1.77. The van der Waals surface area contributed by atoms with Gasteiger partial charge in [0.2, 0.25) is 11.0 Å². The predicted molar refractivity (Wildman–Crippen MR) is 83.3 cm³/mol. The molecule has 2 rings (SSSR count). The van der Waals surface area contributed by atoms with E-state index in [-0.39, 0.29) is 11.7 Å².